The van der Waals surface area contributed by atoms with Gasteiger partial charge in [0.2, 0.25) is 17.8 Å². The molecule has 2 aromatic rings. The van der Waals surface area contributed by atoms with Crippen molar-refractivity contribution >= 4 is 40.8 Å². The van der Waals surface area contributed by atoms with Crippen LogP contribution in [0.25, 0.3) is 10.9 Å². The molecule has 1 aromatic carbocycles. The molecule has 138 valence electrons. The van der Waals surface area contributed by atoms with E-state index in [9.17, 15) is 14.4 Å². The van der Waals surface area contributed by atoms with Crippen LogP contribution in [0.3, 0.4) is 0 Å². The van der Waals surface area contributed by atoms with Gasteiger partial charge in [0.1, 0.15) is 12.1 Å². The summed E-state index contributed by atoms with van der Waals surface area (Å²) in [5.74, 6) is -0.125. The van der Waals surface area contributed by atoms with E-state index in [1.165, 1.54) is 0 Å². The van der Waals surface area contributed by atoms with E-state index in [2.05, 4.69) is 20.6 Å². The van der Waals surface area contributed by atoms with Gasteiger partial charge in [0.25, 0.3) is 0 Å². The molecule has 1 heterocycles. The van der Waals surface area contributed by atoms with Gasteiger partial charge in [-0.1, -0.05) is 41.5 Å². The molecule has 7 heteroatoms. The normalized spacial score (nSPS) is 11.9. The molecule has 0 aliphatic rings. The first-order valence-corrected chi connectivity index (χ1v) is 8.32. The lowest BCUT2D eigenvalue weighted by Gasteiger charge is -2.20. The number of benzene rings is 1. The fourth-order valence-electron chi connectivity index (χ4n) is 1.95. The van der Waals surface area contributed by atoms with Crippen LogP contribution in [0.2, 0.25) is 0 Å². The van der Waals surface area contributed by atoms with Crippen molar-refractivity contribution in [3.8, 4) is 0 Å². The fourth-order valence-corrected chi connectivity index (χ4v) is 1.95. The molecule has 0 spiro atoms. The molecule has 1 aromatic heterocycles. The predicted octanol–water partition coefficient (Wildman–Crippen LogP) is 3.41. The zero-order valence-corrected chi connectivity index (χ0v) is 15.9. The molecule has 0 unspecified atom stereocenters. The molecule has 7 nitrogen and oxygen atoms in total. The minimum Gasteiger partial charge on any atom is -0.310 e. The smallest absolute Gasteiger partial charge is 0.232 e. The van der Waals surface area contributed by atoms with E-state index in [0.717, 1.165) is 0 Å². The van der Waals surface area contributed by atoms with Crippen molar-refractivity contribution in [2.45, 2.75) is 41.5 Å². The maximum absolute atomic E-state index is 12.4. The number of anilines is 2. The summed E-state index contributed by atoms with van der Waals surface area (Å²) in [6.07, 6.45) is 0.712. The zero-order chi connectivity index (χ0) is 19.7. The Morgan fingerprint density at radius 3 is 2.04 bits per heavy atom. The molecule has 2 N–H and O–H groups in total. The van der Waals surface area contributed by atoms with Gasteiger partial charge in [-0.3, -0.25) is 19.7 Å². The van der Waals surface area contributed by atoms with Gasteiger partial charge in [-0.15, -0.1) is 0 Å². The molecule has 0 fully saturated rings. The van der Waals surface area contributed by atoms with Crippen LogP contribution in [0.15, 0.2) is 18.2 Å². The largest absolute Gasteiger partial charge is 0.310 e. The van der Waals surface area contributed by atoms with Crippen molar-refractivity contribution in [3.63, 3.8) is 0 Å². The Bertz CT molecular complexity index is 877. The second-order valence-corrected chi connectivity index (χ2v) is 8.20. The molecule has 0 radical (unpaired) electrons. The van der Waals surface area contributed by atoms with E-state index < -0.39 is 10.8 Å². The monoisotopic (exact) mass is 356 g/mol. The molecule has 0 saturated heterocycles. The first kappa shape index (κ1) is 19.5. The lowest BCUT2D eigenvalue weighted by Crippen LogP contribution is -2.30. The average molecular weight is 356 g/mol. The molecule has 2 rings (SSSR count). The first-order valence-electron chi connectivity index (χ1n) is 8.32. The van der Waals surface area contributed by atoms with E-state index in [1.54, 1.807) is 59.7 Å². The highest BCUT2D eigenvalue weighted by Crippen LogP contribution is 2.26. The third-order valence-electron chi connectivity index (χ3n) is 3.68. The predicted molar refractivity (Wildman–Crippen MR) is 101 cm³/mol. The van der Waals surface area contributed by atoms with E-state index in [4.69, 9.17) is 0 Å². The van der Waals surface area contributed by atoms with Crippen LogP contribution in [-0.2, 0) is 9.59 Å². The minimum absolute atomic E-state index is 0.0977. The van der Waals surface area contributed by atoms with Crippen LogP contribution in [0.4, 0.5) is 11.8 Å². The van der Waals surface area contributed by atoms with E-state index in [1.807, 2.05) is 0 Å². The van der Waals surface area contributed by atoms with Gasteiger partial charge in [0.05, 0.1) is 5.52 Å². The quantitative estimate of drug-likeness (QED) is 0.821. The molecular formula is C19H24N4O3. The maximum Gasteiger partial charge on any atom is 0.232 e. The van der Waals surface area contributed by atoms with Crippen molar-refractivity contribution < 1.29 is 14.4 Å². The highest BCUT2D eigenvalue weighted by Gasteiger charge is 2.25. The molecule has 0 aliphatic carbocycles. The lowest BCUT2D eigenvalue weighted by atomic mass is 9.95. The summed E-state index contributed by atoms with van der Waals surface area (Å²) in [5.41, 5.74) is -0.291. The van der Waals surface area contributed by atoms with Crippen molar-refractivity contribution in [1.82, 2.24) is 9.97 Å². The molecule has 0 bridgehead atoms. The van der Waals surface area contributed by atoms with Crippen molar-refractivity contribution in [2.24, 2.45) is 10.8 Å². The van der Waals surface area contributed by atoms with Gasteiger partial charge in [0, 0.05) is 21.8 Å². The highest BCUT2D eigenvalue weighted by atomic mass is 16.2. The molecule has 0 aliphatic heterocycles. The van der Waals surface area contributed by atoms with E-state index in [0.29, 0.717) is 22.8 Å². The highest BCUT2D eigenvalue weighted by molar-refractivity contribution is 6.03. The van der Waals surface area contributed by atoms with E-state index in [-0.39, 0.29) is 23.6 Å². The van der Waals surface area contributed by atoms with Crippen molar-refractivity contribution in [3.05, 3.63) is 23.8 Å². The first-order chi connectivity index (χ1) is 11.9. The topological polar surface area (TPSA) is 101 Å². The Balaban J connectivity index is 2.55. The van der Waals surface area contributed by atoms with Crippen LogP contribution in [0, 0.1) is 10.8 Å². The van der Waals surface area contributed by atoms with Gasteiger partial charge in [-0.05, 0) is 18.2 Å². The Labute approximate surface area is 152 Å². The number of fused-ring (bicyclic) bond motifs is 1. The molecule has 2 amide bonds. The van der Waals surface area contributed by atoms with Crippen LogP contribution < -0.4 is 10.6 Å². The number of carbonyl (C=O) groups excluding carboxylic acids is 3. The van der Waals surface area contributed by atoms with Gasteiger partial charge >= 0.3 is 0 Å². The summed E-state index contributed by atoms with van der Waals surface area (Å²) >= 11 is 0. The molecule has 26 heavy (non-hydrogen) atoms. The zero-order valence-electron chi connectivity index (χ0n) is 15.9. The second kappa shape index (κ2) is 6.82. The Morgan fingerprint density at radius 2 is 1.50 bits per heavy atom. The van der Waals surface area contributed by atoms with Gasteiger partial charge < -0.3 is 5.32 Å². The van der Waals surface area contributed by atoms with Crippen molar-refractivity contribution in [2.75, 3.05) is 10.6 Å². The number of nitrogens with one attached hydrogen (secondary N) is 2. The third-order valence-corrected chi connectivity index (χ3v) is 3.68. The molecule has 0 saturated carbocycles. The van der Waals surface area contributed by atoms with Gasteiger partial charge in [0.15, 0.2) is 0 Å². The number of aromatic nitrogens is 2. The summed E-state index contributed by atoms with van der Waals surface area (Å²) in [7, 11) is 0. The Hall–Kier alpha value is -2.83. The molecule has 0 atom stereocenters. The number of hydrogen-bond acceptors (Lipinski definition) is 5. The minimum atomic E-state index is -0.631. The number of rotatable bonds is 3. The van der Waals surface area contributed by atoms with Crippen molar-refractivity contribution in [1.29, 1.82) is 0 Å². The van der Waals surface area contributed by atoms with Gasteiger partial charge in [-0.2, -0.15) is 4.98 Å². The number of aldehydes is 1. The number of carbonyl (C=O) groups is 3. The van der Waals surface area contributed by atoms with E-state index >= 15 is 0 Å². The summed E-state index contributed by atoms with van der Waals surface area (Å²) in [5, 5.41) is 5.97. The Morgan fingerprint density at radius 1 is 0.923 bits per heavy atom. The number of amides is 2. The maximum atomic E-state index is 12.4. The van der Waals surface area contributed by atoms with Crippen LogP contribution in [0.1, 0.15) is 51.9 Å². The van der Waals surface area contributed by atoms with Crippen LogP contribution >= 0.6 is 0 Å². The Kier molecular flexibility index (Phi) is 5.11. The summed E-state index contributed by atoms with van der Waals surface area (Å²) < 4.78 is 0. The van der Waals surface area contributed by atoms with Crippen LogP contribution in [0.5, 0.6) is 0 Å². The summed E-state index contributed by atoms with van der Waals surface area (Å²) in [6.45, 7) is 10.7. The summed E-state index contributed by atoms with van der Waals surface area (Å²) in [6, 6.07) is 4.88. The second-order valence-electron chi connectivity index (χ2n) is 8.20. The lowest BCUT2D eigenvalue weighted by molar-refractivity contribution is -0.123. The van der Waals surface area contributed by atoms with Gasteiger partial charge in [-0.25, -0.2) is 4.98 Å². The summed E-state index contributed by atoms with van der Waals surface area (Å²) in [4.78, 5) is 44.3. The SMILES string of the molecule is CC(C)(C)C(=O)Nc1nc(NC(=O)C(C)(C)C)c2cc(C=O)ccc2n1. The molecular weight excluding hydrogens is 332 g/mol. The van der Waals surface area contributed by atoms with Crippen LogP contribution in [-0.4, -0.2) is 28.1 Å². The average Bonchev–Trinajstić information content (AvgIpc) is 2.52. The standard InChI is InChI=1S/C19H24N4O3/c1-18(2,3)15(25)21-14-12-9-11(10-24)7-8-13(12)20-17(22-14)23-16(26)19(4,5)6/h7-10H,1-6H3,(H2,20,21,22,23,25,26). The third kappa shape index (κ3) is 4.41. The number of hydrogen-bond donors (Lipinski definition) is 2. The fraction of sp³-hybridized carbons (Fsp3) is 0.421. The number of nitrogens with zero attached hydrogens (tertiary/aromatic N) is 2.